The highest BCUT2D eigenvalue weighted by molar-refractivity contribution is 5.70. The fourth-order valence-electron chi connectivity index (χ4n) is 1.56. The second kappa shape index (κ2) is 13.5. The maximum Gasteiger partial charge on any atom is 0.332 e. The standard InChI is InChI=1S/C13H26O4/c1-2-17-13(15)12-16-11-9-7-5-3-4-6-8-10-14/h14H,2-12H2,1H3. The summed E-state index contributed by atoms with van der Waals surface area (Å²) in [5.74, 6) is -0.281. The second-order valence-corrected chi connectivity index (χ2v) is 4.06. The zero-order valence-electron chi connectivity index (χ0n) is 11.0. The first kappa shape index (κ1) is 16.4. The van der Waals surface area contributed by atoms with E-state index in [4.69, 9.17) is 14.6 Å². The Hall–Kier alpha value is -0.610. The number of unbranched alkanes of at least 4 members (excludes halogenated alkanes) is 6. The molecular weight excluding hydrogens is 220 g/mol. The molecule has 0 saturated heterocycles. The van der Waals surface area contributed by atoms with Gasteiger partial charge in [-0.1, -0.05) is 32.1 Å². The van der Waals surface area contributed by atoms with Crippen molar-refractivity contribution in [1.82, 2.24) is 0 Å². The third-order valence-electron chi connectivity index (χ3n) is 2.47. The summed E-state index contributed by atoms with van der Waals surface area (Å²) in [6, 6.07) is 0. The molecule has 102 valence electrons. The molecular formula is C13H26O4. The van der Waals surface area contributed by atoms with Crippen LogP contribution in [0.25, 0.3) is 0 Å². The van der Waals surface area contributed by atoms with Gasteiger partial charge in [-0.05, 0) is 19.8 Å². The quantitative estimate of drug-likeness (QED) is 0.424. The zero-order valence-corrected chi connectivity index (χ0v) is 11.0. The van der Waals surface area contributed by atoms with E-state index < -0.39 is 0 Å². The van der Waals surface area contributed by atoms with E-state index in [1.807, 2.05) is 0 Å². The number of carbonyl (C=O) groups is 1. The van der Waals surface area contributed by atoms with Gasteiger partial charge in [-0.2, -0.15) is 0 Å². The highest BCUT2D eigenvalue weighted by Crippen LogP contribution is 2.06. The molecule has 0 fully saturated rings. The molecule has 0 aromatic heterocycles. The molecule has 4 heteroatoms. The molecule has 17 heavy (non-hydrogen) atoms. The molecule has 0 spiro atoms. The molecule has 4 nitrogen and oxygen atoms in total. The van der Waals surface area contributed by atoms with Gasteiger partial charge in [-0.15, -0.1) is 0 Å². The van der Waals surface area contributed by atoms with Gasteiger partial charge >= 0.3 is 5.97 Å². The molecule has 0 rings (SSSR count). The summed E-state index contributed by atoms with van der Waals surface area (Å²) < 4.78 is 9.93. The van der Waals surface area contributed by atoms with Crippen molar-refractivity contribution < 1.29 is 19.4 Å². The van der Waals surface area contributed by atoms with Crippen molar-refractivity contribution in [2.45, 2.75) is 51.9 Å². The Kier molecular flexibility index (Phi) is 13.0. The Morgan fingerprint density at radius 1 is 1.00 bits per heavy atom. The highest BCUT2D eigenvalue weighted by Gasteiger charge is 2.00. The molecule has 0 amide bonds. The van der Waals surface area contributed by atoms with Crippen LogP contribution < -0.4 is 0 Å². The molecule has 0 bridgehead atoms. The van der Waals surface area contributed by atoms with Crippen LogP contribution in [-0.4, -0.2) is 37.5 Å². The van der Waals surface area contributed by atoms with E-state index in [-0.39, 0.29) is 12.6 Å². The van der Waals surface area contributed by atoms with Gasteiger partial charge in [-0.25, -0.2) is 4.79 Å². The number of hydrogen-bond donors (Lipinski definition) is 1. The predicted molar refractivity (Wildman–Crippen MR) is 66.9 cm³/mol. The maximum atomic E-state index is 10.9. The normalized spacial score (nSPS) is 10.5. The number of esters is 1. The van der Waals surface area contributed by atoms with Crippen molar-refractivity contribution in [3.05, 3.63) is 0 Å². The Bertz CT molecular complexity index is 171. The van der Waals surface area contributed by atoms with Gasteiger partial charge in [0.25, 0.3) is 0 Å². The first-order chi connectivity index (χ1) is 8.31. The summed E-state index contributed by atoms with van der Waals surface area (Å²) in [4.78, 5) is 10.9. The Balaban J connectivity index is 3.01. The Labute approximate surface area is 104 Å². The summed E-state index contributed by atoms with van der Waals surface area (Å²) in [5, 5.41) is 8.59. The Morgan fingerprint density at radius 2 is 1.59 bits per heavy atom. The SMILES string of the molecule is CCOC(=O)COCCCCCCCCCO. The molecule has 0 aliphatic carbocycles. The maximum absolute atomic E-state index is 10.9. The molecule has 0 saturated carbocycles. The van der Waals surface area contributed by atoms with Crippen LogP contribution >= 0.6 is 0 Å². The summed E-state index contributed by atoms with van der Waals surface area (Å²) >= 11 is 0. The summed E-state index contributed by atoms with van der Waals surface area (Å²) in [7, 11) is 0. The number of hydrogen-bond acceptors (Lipinski definition) is 4. The molecule has 0 radical (unpaired) electrons. The van der Waals surface area contributed by atoms with Crippen molar-refractivity contribution in [1.29, 1.82) is 0 Å². The molecule has 0 aliphatic rings. The lowest BCUT2D eigenvalue weighted by molar-refractivity contribution is -0.148. The van der Waals surface area contributed by atoms with Crippen LogP contribution in [0.4, 0.5) is 0 Å². The third kappa shape index (κ3) is 13.3. The minimum absolute atomic E-state index is 0.0737. The average Bonchev–Trinajstić information content (AvgIpc) is 2.32. The lowest BCUT2D eigenvalue weighted by atomic mass is 10.1. The van der Waals surface area contributed by atoms with Crippen LogP contribution in [0, 0.1) is 0 Å². The number of aliphatic hydroxyl groups excluding tert-OH is 1. The minimum Gasteiger partial charge on any atom is -0.464 e. The molecule has 1 N–H and O–H groups in total. The fraction of sp³-hybridized carbons (Fsp3) is 0.923. The van der Waals surface area contributed by atoms with Gasteiger partial charge in [0, 0.05) is 13.2 Å². The number of ether oxygens (including phenoxy) is 2. The lowest BCUT2D eigenvalue weighted by Gasteiger charge is -2.04. The van der Waals surface area contributed by atoms with Crippen molar-refractivity contribution in [3.8, 4) is 0 Å². The van der Waals surface area contributed by atoms with Crippen LogP contribution in [0.2, 0.25) is 0 Å². The smallest absolute Gasteiger partial charge is 0.332 e. The number of carbonyl (C=O) groups excluding carboxylic acids is 1. The van der Waals surface area contributed by atoms with Gasteiger partial charge in [0.15, 0.2) is 0 Å². The van der Waals surface area contributed by atoms with Gasteiger partial charge in [0.1, 0.15) is 6.61 Å². The topological polar surface area (TPSA) is 55.8 Å². The van der Waals surface area contributed by atoms with Crippen molar-refractivity contribution in [2.75, 3.05) is 26.4 Å². The van der Waals surface area contributed by atoms with Crippen molar-refractivity contribution >= 4 is 5.97 Å². The van der Waals surface area contributed by atoms with Crippen molar-refractivity contribution in [2.24, 2.45) is 0 Å². The van der Waals surface area contributed by atoms with Gasteiger partial charge in [0.05, 0.1) is 6.61 Å². The summed E-state index contributed by atoms with van der Waals surface area (Å²) in [6.45, 7) is 3.21. The predicted octanol–water partition coefficient (Wildman–Crippen LogP) is 2.29. The van der Waals surface area contributed by atoms with E-state index in [9.17, 15) is 4.79 Å². The first-order valence-electron chi connectivity index (χ1n) is 6.65. The monoisotopic (exact) mass is 246 g/mol. The molecule has 0 heterocycles. The highest BCUT2D eigenvalue weighted by atomic mass is 16.6. The summed E-state index contributed by atoms with van der Waals surface area (Å²) in [5.41, 5.74) is 0. The van der Waals surface area contributed by atoms with E-state index in [0.29, 0.717) is 19.8 Å². The Morgan fingerprint density at radius 3 is 2.18 bits per heavy atom. The zero-order chi connectivity index (χ0) is 12.8. The average molecular weight is 246 g/mol. The van der Waals surface area contributed by atoms with Crippen LogP contribution in [0.5, 0.6) is 0 Å². The fourth-order valence-corrected chi connectivity index (χ4v) is 1.56. The second-order valence-electron chi connectivity index (χ2n) is 4.06. The van der Waals surface area contributed by atoms with Crippen LogP contribution in [-0.2, 0) is 14.3 Å². The van der Waals surface area contributed by atoms with Gasteiger partial charge < -0.3 is 14.6 Å². The number of rotatable bonds is 12. The lowest BCUT2D eigenvalue weighted by Crippen LogP contribution is -2.12. The number of aliphatic hydroxyl groups is 1. The van der Waals surface area contributed by atoms with E-state index >= 15 is 0 Å². The van der Waals surface area contributed by atoms with E-state index in [1.54, 1.807) is 6.92 Å². The van der Waals surface area contributed by atoms with Crippen LogP contribution in [0.3, 0.4) is 0 Å². The third-order valence-corrected chi connectivity index (χ3v) is 2.47. The minimum atomic E-state index is -0.281. The van der Waals surface area contributed by atoms with E-state index in [2.05, 4.69) is 0 Å². The summed E-state index contributed by atoms with van der Waals surface area (Å²) in [6.07, 6.45) is 7.80. The first-order valence-corrected chi connectivity index (χ1v) is 6.65. The van der Waals surface area contributed by atoms with E-state index in [1.165, 1.54) is 19.3 Å². The van der Waals surface area contributed by atoms with Gasteiger partial charge in [0.2, 0.25) is 0 Å². The van der Waals surface area contributed by atoms with Gasteiger partial charge in [-0.3, -0.25) is 0 Å². The van der Waals surface area contributed by atoms with Crippen LogP contribution in [0.1, 0.15) is 51.9 Å². The molecule has 0 atom stereocenters. The molecule has 0 aromatic rings. The molecule has 0 aliphatic heterocycles. The van der Waals surface area contributed by atoms with Crippen LogP contribution in [0.15, 0.2) is 0 Å². The molecule has 0 aromatic carbocycles. The molecule has 0 unspecified atom stereocenters. The largest absolute Gasteiger partial charge is 0.464 e. The van der Waals surface area contributed by atoms with E-state index in [0.717, 1.165) is 25.7 Å². The van der Waals surface area contributed by atoms with Crippen molar-refractivity contribution in [3.63, 3.8) is 0 Å².